The third-order valence-corrected chi connectivity index (χ3v) is 5.16. The van der Waals surface area contributed by atoms with Gasteiger partial charge in [-0.3, -0.25) is 4.79 Å². The summed E-state index contributed by atoms with van der Waals surface area (Å²) in [6, 6.07) is 14.5. The molecule has 0 aliphatic heterocycles. The molecule has 2 unspecified atom stereocenters. The molecule has 0 radical (unpaired) electrons. The van der Waals surface area contributed by atoms with Crippen molar-refractivity contribution in [3.8, 4) is 5.75 Å². The van der Waals surface area contributed by atoms with Gasteiger partial charge in [0.15, 0.2) is 6.10 Å². The maximum atomic E-state index is 12.7. The average Bonchev–Trinajstić information content (AvgIpc) is 2.65. The molecule has 0 fully saturated rings. The molecule has 2 aromatic carbocycles. The number of carbonyl (C=O) groups is 1. The Morgan fingerprint density at radius 3 is 2.62 bits per heavy atom. The molecule has 0 bridgehead atoms. The fourth-order valence-corrected chi connectivity index (χ4v) is 3.59. The second-order valence-corrected chi connectivity index (χ2v) is 7.30. The van der Waals surface area contributed by atoms with E-state index in [1.54, 1.807) is 0 Å². The SMILES string of the molecule is CCC(Oc1cccc(C)c1)C(=O)NC(C)c1ccc2c(c1)CCCC2. The van der Waals surface area contributed by atoms with Crippen LogP contribution in [-0.4, -0.2) is 12.0 Å². The Morgan fingerprint density at radius 1 is 1.12 bits per heavy atom. The van der Waals surface area contributed by atoms with Crippen molar-refractivity contribution in [2.75, 3.05) is 0 Å². The number of carbonyl (C=O) groups excluding carboxylic acids is 1. The van der Waals surface area contributed by atoms with Gasteiger partial charge in [-0.2, -0.15) is 0 Å². The highest BCUT2D eigenvalue weighted by atomic mass is 16.5. The number of fused-ring (bicyclic) bond motifs is 1. The Hall–Kier alpha value is -2.29. The summed E-state index contributed by atoms with van der Waals surface area (Å²) in [4.78, 5) is 12.7. The highest BCUT2D eigenvalue weighted by Crippen LogP contribution is 2.25. The minimum absolute atomic E-state index is 0.0233. The van der Waals surface area contributed by atoms with Crippen molar-refractivity contribution in [1.82, 2.24) is 5.32 Å². The standard InChI is InChI=1S/C23H29NO2/c1-4-22(26-21-11-7-8-16(2)14-21)23(25)24-17(3)19-13-12-18-9-5-6-10-20(18)15-19/h7-8,11-15,17,22H,4-6,9-10H2,1-3H3,(H,24,25). The first-order valence-electron chi connectivity index (χ1n) is 9.72. The van der Waals surface area contributed by atoms with Crippen LogP contribution in [-0.2, 0) is 17.6 Å². The summed E-state index contributed by atoms with van der Waals surface area (Å²) < 4.78 is 5.92. The van der Waals surface area contributed by atoms with Gasteiger partial charge < -0.3 is 10.1 Å². The van der Waals surface area contributed by atoms with Gasteiger partial charge in [-0.05, 0) is 80.3 Å². The highest BCUT2D eigenvalue weighted by Gasteiger charge is 2.21. The second-order valence-electron chi connectivity index (χ2n) is 7.30. The molecule has 2 aromatic rings. The Labute approximate surface area is 156 Å². The van der Waals surface area contributed by atoms with Gasteiger partial charge >= 0.3 is 0 Å². The van der Waals surface area contributed by atoms with Crippen LogP contribution < -0.4 is 10.1 Å². The van der Waals surface area contributed by atoms with E-state index in [4.69, 9.17) is 4.74 Å². The van der Waals surface area contributed by atoms with Gasteiger partial charge in [-0.25, -0.2) is 0 Å². The van der Waals surface area contributed by atoms with Crippen LogP contribution in [0.1, 0.15) is 61.4 Å². The number of ether oxygens (including phenoxy) is 1. The molecular formula is C23H29NO2. The minimum atomic E-state index is -0.475. The van der Waals surface area contributed by atoms with Gasteiger partial charge in [0.05, 0.1) is 6.04 Å². The molecule has 2 atom stereocenters. The van der Waals surface area contributed by atoms with Crippen molar-refractivity contribution in [2.24, 2.45) is 0 Å². The first kappa shape index (κ1) is 18.5. The Kier molecular flexibility index (Phi) is 5.97. The molecule has 26 heavy (non-hydrogen) atoms. The van der Waals surface area contributed by atoms with Crippen molar-refractivity contribution in [2.45, 2.75) is 65.0 Å². The summed E-state index contributed by atoms with van der Waals surface area (Å²) >= 11 is 0. The number of nitrogens with one attached hydrogen (secondary N) is 1. The molecule has 0 saturated carbocycles. The Morgan fingerprint density at radius 2 is 1.88 bits per heavy atom. The largest absolute Gasteiger partial charge is 0.481 e. The second kappa shape index (κ2) is 8.39. The van der Waals surface area contributed by atoms with E-state index in [2.05, 4.69) is 23.5 Å². The zero-order valence-electron chi connectivity index (χ0n) is 16.0. The van der Waals surface area contributed by atoms with Crippen LogP contribution >= 0.6 is 0 Å². The van der Waals surface area contributed by atoms with E-state index >= 15 is 0 Å². The number of benzene rings is 2. The fourth-order valence-electron chi connectivity index (χ4n) is 3.59. The Balaban J connectivity index is 1.65. The lowest BCUT2D eigenvalue weighted by atomic mass is 9.89. The van der Waals surface area contributed by atoms with Crippen molar-refractivity contribution in [3.63, 3.8) is 0 Å². The lowest BCUT2D eigenvalue weighted by Crippen LogP contribution is -2.39. The third kappa shape index (κ3) is 4.46. The van der Waals surface area contributed by atoms with Crippen LogP contribution in [0.25, 0.3) is 0 Å². The normalized spacial score (nSPS) is 15.7. The molecular weight excluding hydrogens is 322 g/mol. The summed E-state index contributed by atoms with van der Waals surface area (Å²) in [7, 11) is 0. The molecule has 138 valence electrons. The van der Waals surface area contributed by atoms with Gasteiger partial charge in [0.1, 0.15) is 5.75 Å². The van der Waals surface area contributed by atoms with Crippen LogP contribution in [0.5, 0.6) is 5.75 Å². The van der Waals surface area contributed by atoms with Crippen LogP contribution in [0.4, 0.5) is 0 Å². The number of hydrogen-bond acceptors (Lipinski definition) is 2. The van der Waals surface area contributed by atoms with Crippen LogP contribution in [0.15, 0.2) is 42.5 Å². The molecule has 1 N–H and O–H groups in total. The van der Waals surface area contributed by atoms with E-state index in [9.17, 15) is 4.79 Å². The van der Waals surface area contributed by atoms with Gasteiger partial charge in [0, 0.05) is 0 Å². The predicted molar refractivity (Wildman–Crippen MR) is 106 cm³/mol. The Bertz CT molecular complexity index is 769. The van der Waals surface area contributed by atoms with E-state index < -0.39 is 6.10 Å². The molecule has 1 aliphatic rings. The van der Waals surface area contributed by atoms with E-state index in [1.807, 2.05) is 45.0 Å². The topological polar surface area (TPSA) is 38.3 Å². The summed E-state index contributed by atoms with van der Waals surface area (Å²) in [5.41, 5.74) is 5.20. The quantitative estimate of drug-likeness (QED) is 0.803. The molecule has 0 aromatic heterocycles. The molecule has 3 rings (SSSR count). The van der Waals surface area contributed by atoms with E-state index in [1.165, 1.54) is 36.0 Å². The summed E-state index contributed by atoms with van der Waals surface area (Å²) in [6.45, 7) is 6.04. The van der Waals surface area contributed by atoms with Crippen molar-refractivity contribution < 1.29 is 9.53 Å². The maximum absolute atomic E-state index is 12.7. The van der Waals surface area contributed by atoms with Crippen LogP contribution in [0.3, 0.4) is 0 Å². The monoisotopic (exact) mass is 351 g/mol. The van der Waals surface area contributed by atoms with E-state index in [-0.39, 0.29) is 11.9 Å². The summed E-state index contributed by atoms with van der Waals surface area (Å²) in [6.07, 6.45) is 5.04. The zero-order chi connectivity index (χ0) is 18.5. The maximum Gasteiger partial charge on any atom is 0.261 e. The minimum Gasteiger partial charge on any atom is -0.481 e. The fraction of sp³-hybridized carbons (Fsp3) is 0.435. The van der Waals surface area contributed by atoms with Crippen molar-refractivity contribution in [1.29, 1.82) is 0 Å². The molecule has 3 nitrogen and oxygen atoms in total. The van der Waals surface area contributed by atoms with Gasteiger partial charge in [0.2, 0.25) is 0 Å². The number of amides is 1. The molecule has 3 heteroatoms. The number of hydrogen-bond donors (Lipinski definition) is 1. The number of aryl methyl sites for hydroxylation is 3. The van der Waals surface area contributed by atoms with Crippen molar-refractivity contribution >= 4 is 5.91 Å². The zero-order valence-corrected chi connectivity index (χ0v) is 16.0. The lowest BCUT2D eigenvalue weighted by Gasteiger charge is -2.23. The van der Waals surface area contributed by atoms with Crippen LogP contribution in [0.2, 0.25) is 0 Å². The first-order valence-corrected chi connectivity index (χ1v) is 9.72. The summed E-state index contributed by atoms with van der Waals surface area (Å²) in [5, 5.41) is 3.12. The smallest absolute Gasteiger partial charge is 0.261 e. The molecule has 0 spiro atoms. The summed E-state index contributed by atoms with van der Waals surface area (Å²) in [5.74, 6) is 0.688. The molecule has 0 heterocycles. The van der Waals surface area contributed by atoms with E-state index in [0.717, 1.165) is 17.7 Å². The third-order valence-electron chi connectivity index (χ3n) is 5.16. The molecule has 0 saturated heterocycles. The van der Waals surface area contributed by atoms with Crippen molar-refractivity contribution in [3.05, 3.63) is 64.7 Å². The predicted octanol–water partition coefficient (Wildman–Crippen LogP) is 4.91. The molecule has 1 aliphatic carbocycles. The van der Waals surface area contributed by atoms with Gasteiger partial charge in [-0.15, -0.1) is 0 Å². The molecule has 1 amide bonds. The number of rotatable bonds is 6. The van der Waals surface area contributed by atoms with E-state index in [0.29, 0.717) is 6.42 Å². The van der Waals surface area contributed by atoms with Gasteiger partial charge in [0.25, 0.3) is 5.91 Å². The van der Waals surface area contributed by atoms with Crippen LogP contribution in [0, 0.1) is 6.92 Å². The first-order chi connectivity index (χ1) is 12.6. The lowest BCUT2D eigenvalue weighted by molar-refractivity contribution is -0.128. The van der Waals surface area contributed by atoms with Gasteiger partial charge in [-0.1, -0.05) is 37.3 Å². The average molecular weight is 351 g/mol. The highest BCUT2D eigenvalue weighted by molar-refractivity contribution is 5.81.